The van der Waals surface area contributed by atoms with Crippen LogP contribution in [0.5, 0.6) is 0 Å². The Hall–Kier alpha value is -0.910. The first kappa shape index (κ1) is 13.5. The van der Waals surface area contributed by atoms with E-state index in [0.29, 0.717) is 5.92 Å². The summed E-state index contributed by atoms with van der Waals surface area (Å²) in [5.41, 5.74) is 5.91. The minimum Gasteiger partial charge on any atom is -0.354 e. The number of nitrogens with zero attached hydrogens (tertiary/aromatic N) is 1. The Kier molecular flexibility index (Phi) is 4.74. The van der Waals surface area contributed by atoms with Crippen molar-refractivity contribution in [2.75, 3.05) is 26.7 Å². The zero-order valence-corrected chi connectivity index (χ0v) is 11.6. The molecular formula is C13H21N3OS. The van der Waals surface area contributed by atoms with E-state index in [1.165, 1.54) is 30.7 Å². The van der Waals surface area contributed by atoms with Gasteiger partial charge in [0.05, 0.1) is 0 Å². The second kappa shape index (κ2) is 6.31. The number of piperidine rings is 1. The minimum absolute atomic E-state index is 0.0642. The first-order chi connectivity index (χ1) is 8.66. The highest BCUT2D eigenvalue weighted by atomic mass is 32.1. The molecule has 0 aliphatic carbocycles. The van der Waals surface area contributed by atoms with Gasteiger partial charge in [0.15, 0.2) is 0 Å². The summed E-state index contributed by atoms with van der Waals surface area (Å²) < 4.78 is 0. The van der Waals surface area contributed by atoms with Crippen LogP contribution in [0.1, 0.15) is 23.8 Å². The number of carbonyl (C=O) groups excluding carboxylic acids is 1. The number of hydrogen-bond acceptors (Lipinski definition) is 4. The molecule has 1 aromatic heterocycles. The van der Waals surface area contributed by atoms with E-state index in [2.05, 4.69) is 17.3 Å². The predicted octanol–water partition coefficient (Wildman–Crippen LogP) is 1.21. The van der Waals surface area contributed by atoms with Gasteiger partial charge in [-0.3, -0.25) is 4.79 Å². The van der Waals surface area contributed by atoms with Gasteiger partial charge in [-0.05, 0) is 43.8 Å². The highest BCUT2D eigenvalue weighted by Crippen LogP contribution is 2.17. The van der Waals surface area contributed by atoms with E-state index in [0.717, 1.165) is 18.0 Å². The van der Waals surface area contributed by atoms with Gasteiger partial charge in [0, 0.05) is 18.0 Å². The summed E-state index contributed by atoms with van der Waals surface area (Å²) in [6, 6.07) is 3.30. The first-order valence-electron chi connectivity index (χ1n) is 6.42. The lowest BCUT2D eigenvalue weighted by Gasteiger charge is -2.29. The van der Waals surface area contributed by atoms with Crippen molar-refractivity contribution in [3.8, 4) is 0 Å². The maximum atomic E-state index is 11.9. The molecule has 100 valence electrons. The van der Waals surface area contributed by atoms with Gasteiger partial charge >= 0.3 is 0 Å². The van der Waals surface area contributed by atoms with E-state index in [1.54, 1.807) is 0 Å². The molecule has 2 rings (SSSR count). The summed E-state index contributed by atoms with van der Waals surface area (Å²) in [6.07, 6.45) is 2.41. The lowest BCUT2D eigenvalue weighted by Crippen LogP contribution is -2.41. The standard InChI is InChI=1S/C13H21N3OS/c1-16-6-2-4-10(9-16)8-15-13(17)12(14)11-5-3-7-18-11/h3,5,7,10,12H,2,4,6,8-9,14H2,1H3,(H,15,17). The third kappa shape index (κ3) is 3.54. The number of rotatable bonds is 4. The van der Waals surface area contributed by atoms with Crippen molar-refractivity contribution in [3.05, 3.63) is 22.4 Å². The van der Waals surface area contributed by atoms with Crippen LogP contribution in [0.2, 0.25) is 0 Å². The van der Waals surface area contributed by atoms with E-state index in [-0.39, 0.29) is 5.91 Å². The van der Waals surface area contributed by atoms with Crippen LogP contribution in [0.25, 0.3) is 0 Å². The molecule has 1 amide bonds. The predicted molar refractivity (Wildman–Crippen MR) is 74.5 cm³/mol. The molecule has 1 fully saturated rings. The Morgan fingerprint density at radius 2 is 2.56 bits per heavy atom. The van der Waals surface area contributed by atoms with Crippen molar-refractivity contribution in [2.24, 2.45) is 11.7 Å². The van der Waals surface area contributed by atoms with E-state index in [9.17, 15) is 4.79 Å². The molecule has 0 spiro atoms. The Labute approximate surface area is 112 Å². The molecule has 0 saturated carbocycles. The Morgan fingerprint density at radius 1 is 1.72 bits per heavy atom. The molecule has 1 aromatic rings. The number of nitrogens with two attached hydrogens (primary N) is 1. The van der Waals surface area contributed by atoms with Crippen LogP contribution in [0.3, 0.4) is 0 Å². The molecule has 0 aromatic carbocycles. The normalized spacial score (nSPS) is 22.7. The second-order valence-electron chi connectivity index (χ2n) is 5.01. The lowest BCUT2D eigenvalue weighted by atomic mass is 9.98. The topological polar surface area (TPSA) is 58.4 Å². The maximum absolute atomic E-state index is 11.9. The van der Waals surface area contributed by atoms with E-state index in [4.69, 9.17) is 5.73 Å². The average molecular weight is 267 g/mol. The summed E-state index contributed by atoms with van der Waals surface area (Å²) in [5.74, 6) is 0.494. The van der Waals surface area contributed by atoms with Crippen molar-refractivity contribution in [3.63, 3.8) is 0 Å². The number of amides is 1. The Bertz CT molecular complexity index is 380. The van der Waals surface area contributed by atoms with Gasteiger partial charge in [0.25, 0.3) is 0 Å². The molecular weight excluding hydrogens is 246 g/mol. The van der Waals surface area contributed by atoms with E-state index in [1.807, 2.05) is 17.5 Å². The summed E-state index contributed by atoms with van der Waals surface area (Å²) in [6.45, 7) is 2.97. The fraction of sp³-hybridized carbons (Fsp3) is 0.615. The van der Waals surface area contributed by atoms with Crippen LogP contribution in [0.4, 0.5) is 0 Å². The molecule has 3 N–H and O–H groups in total. The largest absolute Gasteiger partial charge is 0.354 e. The molecule has 2 atom stereocenters. The van der Waals surface area contributed by atoms with Gasteiger partial charge in [-0.2, -0.15) is 0 Å². The number of likely N-dealkylation sites (tertiary alicyclic amines) is 1. The highest BCUT2D eigenvalue weighted by Gasteiger charge is 2.20. The maximum Gasteiger partial charge on any atom is 0.242 e. The molecule has 0 radical (unpaired) electrons. The minimum atomic E-state index is -0.522. The number of nitrogens with one attached hydrogen (secondary N) is 1. The molecule has 0 bridgehead atoms. The fourth-order valence-corrected chi connectivity index (χ4v) is 3.12. The Morgan fingerprint density at radius 3 is 3.22 bits per heavy atom. The summed E-state index contributed by atoms with van der Waals surface area (Å²) in [7, 11) is 2.13. The van der Waals surface area contributed by atoms with Gasteiger partial charge < -0.3 is 16.0 Å². The van der Waals surface area contributed by atoms with Gasteiger partial charge in [-0.25, -0.2) is 0 Å². The van der Waals surface area contributed by atoms with Gasteiger partial charge in [0.1, 0.15) is 6.04 Å². The third-order valence-corrected chi connectivity index (χ3v) is 4.37. The van der Waals surface area contributed by atoms with Crippen LogP contribution >= 0.6 is 11.3 Å². The Balaban J connectivity index is 1.77. The number of thiophene rings is 1. The van der Waals surface area contributed by atoms with Crippen molar-refractivity contribution in [2.45, 2.75) is 18.9 Å². The SMILES string of the molecule is CN1CCCC(CNC(=O)C(N)c2cccs2)C1. The average Bonchev–Trinajstić information content (AvgIpc) is 2.89. The van der Waals surface area contributed by atoms with Crippen molar-refractivity contribution >= 4 is 17.2 Å². The zero-order chi connectivity index (χ0) is 13.0. The first-order valence-corrected chi connectivity index (χ1v) is 7.30. The van der Waals surface area contributed by atoms with Gasteiger partial charge in [-0.15, -0.1) is 11.3 Å². The quantitative estimate of drug-likeness (QED) is 0.862. The van der Waals surface area contributed by atoms with Gasteiger partial charge in [-0.1, -0.05) is 6.07 Å². The van der Waals surface area contributed by atoms with Crippen molar-refractivity contribution in [1.82, 2.24) is 10.2 Å². The summed E-state index contributed by atoms with van der Waals surface area (Å²) >= 11 is 1.53. The molecule has 2 unspecified atom stereocenters. The highest BCUT2D eigenvalue weighted by molar-refractivity contribution is 7.10. The van der Waals surface area contributed by atoms with E-state index < -0.39 is 6.04 Å². The van der Waals surface area contributed by atoms with Gasteiger partial charge in [0.2, 0.25) is 5.91 Å². The van der Waals surface area contributed by atoms with Crippen LogP contribution in [-0.2, 0) is 4.79 Å². The molecule has 4 nitrogen and oxygen atoms in total. The lowest BCUT2D eigenvalue weighted by molar-refractivity contribution is -0.122. The monoisotopic (exact) mass is 267 g/mol. The third-order valence-electron chi connectivity index (χ3n) is 3.42. The summed E-state index contributed by atoms with van der Waals surface area (Å²) in [5, 5.41) is 4.92. The molecule has 5 heteroatoms. The second-order valence-corrected chi connectivity index (χ2v) is 5.99. The smallest absolute Gasteiger partial charge is 0.242 e. The van der Waals surface area contributed by atoms with Crippen molar-refractivity contribution < 1.29 is 4.79 Å². The van der Waals surface area contributed by atoms with Crippen LogP contribution in [0.15, 0.2) is 17.5 Å². The molecule has 18 heavy (non-hydrogen) atoms. The molecule has 2 heterocycles. The summed E-state index contributed by atoms with van der Waals surface area (Å²) in [4.78, 5) is 15.2. The van der Waals surface area contributed by atoms with Crippen molar-refractivity contribution in [1.29, 1.82) is 0 Å². The molecule has 1 aliphatic rings. The zero-order valence-electron chi connectivity index (χ0n) is 10.8. The van der Waals surface area contributed by atoms with Crippen LogP contribution in [0, 0.1) is 5.92 Å². The number of carbonyl (C=O) groups is 1. The fourth-order valence-electron chi connectivity index (χ4n) is 2.39. The molecule has 1 saturated heterocycles. The van der Waals surface area contributed by atoms with Crippen LogP contribution in [-0.4, -0.2) is 37.5 Å². The van der Waals surface area contributed by atoms with E-state index >= 15 is 0 Å². The number of hydrogen-bond donors (Lipinski definition) is 2. The van der Waals surface area contributed by atoms with Crippen LogP contribution < -0.4 is 11.1 Å². The molecule has 1 aliphatic heterocycles.